The van der Waals surface area contributed by atoms with Gasteiger partial charge in [-0.3, -0.25) is 9.13 Å². The van der Waals surface area contributed by atoms with E-state index in [-0.39, 0.29) is 31.9 Å². The maximum atomic E-state index is 12.2. The molecule has 0 radical (unpaired) electrons. The molecule has 1 saturated heterocycles. The van der Waals surface area contributed by atoms with E-state index in [1.165, 1.54) is 16.8 Å². The van der Waals surface area contributed by atoms with Crippen LogP contribution in [0.4, 0.5) is 5.82 Å². The van der Waals surface area contributed by atoms with Crippen LogP contribution in [0.1, 0.15) is 6.42 Å². The molecule has 1 aliphatic rings. The van der Waals surface area contributed by atoms with E-state index in [4.69, 9.17) is 24.3 Å². The van der Waals surface area contributed by atoms with E-state index < -0.39 is 19.4 Å². The van der Waals surface area contributed by atoms with E-state index in [2.05, 4.69) is 4.98 Å². The van der Waals surface area contributed by atoms with Crippen molar-refractivity contribution >= 4 is 13.4 Å². The highest BCUT2D eigenvalue weighted by Gasteiger charge is 2.33. The summed E-state index contributed by atoms with van der Waals surface area (Å²) in [7, 11) is -1.63. The van der Waals surface area contributed by atoms with Crippen LogP contribution < -0.4 is 11.4 Å². The third kappa shape index (κ3) is 4.89. The summed E-state index contributed by atoms with van der Waals surface area (Å²) in [6.07, 6.45) is 1.62. The first-order valence-corrected chi connectivity index (χ1v) is 8.57. The molecule has 2 heterocycles. The van der Waals surface area contributed by atoms with Gasteiger partial charge in [0.15, 0.2) is 0 Å². The average molecular weight is 333 g/mol. The number of nitrogen functional groups attached to an aromatic ring is 1. The molecule has 2 N–H and O–H groups in total. The molecule has 1 aliphatic heterocycles. The van der Waals surface area contributed by atoms with Crippen LogP contribution in [0, 0.1) is 0 Å². The SMILES string of the molecule is COCCCOP1(=O)CO[C@@H](Cn2ccc(N)nc2=O)CO1. The van der Waals surface area contributed by atoms with Gasteiger partial charge >= 0.3 is 13.3 Å². The van der Waals surface area contributed by atoms with E-state index in [1.54, 1.807) is 7.11 Å². The molecule has 9 nitrogen and oxygen atoms in total. The fraction of sp³-hybridized carbons (Fsp3) is 0.667. The smallest absolute Gasteiger partial charge is 0.356 e. The van der Waals surface area contributed by atoms with Crippen molar-refractivity contribution in [3.8, 4) is 0 Å². The van der Waals surface area contributed by atoms with Crippen molar-refractivity contribution in [2.24, 2.45) is 0 Å². The Balaban J connectivity index is 1.81. The number of rotatable bonds is 7. The molecule has 124 valence electrons. The number of ether oxygens (including phenoxy) is 2. The highest BCUT2D eigenvalue weighted by atomic mass is 31.2. The van der Waals surface area contributed by atoms with Gasteiger partial charge in [0.1, 0.15) is 18.3 Å². The van der Waals surface area contributed by atoms with Crippen molar-refractivity contribution in [3.05, 3.63) is 22.7 Å². The summed E-state index contributed by atoms with van der Waals surface area (Å²) in [5, 5.41) is 0. The van der Waals surface area contributed by atoms with Crippen LogP contribution in [0.3, 0.4) is 0 Å². The molecule has 0 amide bonds. The molecule has 1 aromatic heterocycles. The molecule has 0 spiro atoms. The molecule has 2 atom stereocenters. The highest BCUT2D eigenvalue weighted by molar-refractivity contribution is 7.53. The van der Waals surface area contributed by atoms with Crippen molar-refractivity contribution < 1.29 is 23.1 Å². The molecular formula is C12H20N3O6P. The summed E-state index contributed by atoms with van der Waals surface area (Å²) in [6, 6.07) is 1.52. The maximum absolute atomic E-state index is 12.2. The Morgan fingerprint density at radius 1 is 1.55 bits per heavy atom. The minimum atomic E-state index is -3.22. The molecule has 0 aliphatic carbocycles. The molecule has 2 rings (SSSR count). The van der Waals surface area contributed by atoms with Gasteiger partial charge in [-0.1, -0.05) is 0 Å². The third-order valence-electron chi connectivity index (χ3n) is 3.00. The number of aromatic nitrogens is 2. The number of nitrogens with two attached hydrogens (primary N) is 1. The van der Waals surface area contributed by atoms with Crippen LogP contribution in [-0.4, -0.2) is 48.9 Å². The maximum Gasteiger partial charge on any atom is 0.356 e. The fourth-order valence-electron chi connectivity index (χ4n) is 1.87. The van der Waals surface area contributed by atoms with Gasteiger partial charge in [-0.15, -0.1) is 0 Å². The van der Waals surface area contributed by atoms with E-state index in [9.17, 15) is 9.36 Å². The largest absolute Gasteiger partial charge is 0.385 e. The van der Waals surface area contributed by atoms with E-state index >= 15 is 0 Å². The van der Waals surface area contributed by atoms with Crippen molar-refractivity contribution in [3.63, 3.8) is 0 Å². The fourth-order valence-corrected chi connectivity index (χ4v) is 3.28. The normalized spacial score (nSPS) is 25.2. The second-order valence-corrected chi connectivity index (χ2v) is 6.79. The molecule has 1 unspecified atom stereocenters. The number of anilines is 1. The zero-order chi connectivity index (χ0) is 16.0. The summed E-state index contributed by atoms with van der Waals surface area (Å²) in [6.45, 7) is 1.13. The number of hydrogen-bond donors (Lipinski definition) is 1. The zero-order valence-electron chi connectivity index (χ0n) is 12.3. The molecule has 22 heavy (non-hydrogen) atoms. The van der Waals surface area contributed by atoms with Crippen LogP contribution in [-0.2, 0) is 29.6 Å². The Bertz CT molecular complexity index is 580. The Hall–Kier alpha value is -1.25. The molecule has 1 aromatic rings. The van der Waals surface area contributed by atoms with Gasteiger partial charge in [0.2, 0.25) is 0 Å². The van der Waals surface area contributed by atoms with E-state index in [0.29, 0.717) is 13.0 Å². The average Bonchev–Trinajstić information content (AvgIpc) is 2.49. The van der Waals surface area contributed by atoms with Gasteiger partial charge in [-0.2, -0.15) is 4.98 Å². The minimum Gasteiger partial charge on any atom is -0.385 e. The molecule has 0 saturated carbocycles. The zero-order valence-corrected chi connectivity index (χ0v) is 13.2. The Labute approximate surface area is 127 Å². The second-order valence-electron chi connectivity index (χ2n) is 4.79. The van der Waals surface area contributed by atoms with Crippen LogP contribution >= 0.6 is 7.60 Å². The topological polar surface area (TPSA) is 115 Å². The third-order valence-corrected chi connectivity index (χ3v) is 4.59. The Kier molecular flexibility index (Phi) is 6.10. The van der Waals surface area contributed by atoms with Crippen LogP contribution in [0.5, 0.6) is 0 Å². The van der Waals surface area contributed by atoms with Gasteiger partial charge in [-0.05, 0) is 12.5 Å². The number of nitrogens with zero attached hydrogens (tertiary/aromatic N) is 2. The lowest BCUT2D eigenvalue weighted by molar-refractivity contribution is -0.0151. The van der Waals surface area contributed by atoms with Gasteiger partial charge in [0, 0.05) is 19.9 Å². The predicted molar refractivity (Wildman–Crippen MR) is 78.7 cm³/mol. The summed E-state index contributed by atoms with van der Waals surface area (Å²) in [5.41, 5.74) is 4.96. The first-order valence-electron chi connectivity index (χ1n) is 6.84. The molecular weight excluding hydrogens is 313 g/mol. The molecule has 10 heteroatoms. The van der Waals surface area contributed by atoms with Crippen LogP contribution in [0.2, 0.25) is 0 Å². The monoisotopic (exact) mass is 333 g/mol. The minimum absolute atomic E-state index is 0.0817. The van der Waals surface area contributed by atoms with Crippen molar-refractivity contribution in [1.29, 1.82) is 0 Å². The lowest BCUT2D eigenvalue weighted by Crippen LogP contribution is -2.35. The summed E-state index contributed by atoms with van der Waals surface area (Å²) in [4.78, 5) is 15.3. The van der Waals surface area contributed by atoms with Crippen molar-refractivity contribution in [1.82, 2.24) is 9.55 Å². The Morgan fingerprint density at radius 3 is 3.00 bits per heavy atom. The molecule has 0 aromatic carbocycles. The predicted octanol–water partition coefficient (Wildman–Crippen LogP) is 0.445. The quantitative estimate of drug-likeness (QED) is 0.565. The van der Waals surface area contributed by atoms with Crippen LogP contribution in [0.25, 0.3) is 0 Å². The lowest BCUT2D eigenvalue weighted by Gasteiger charge is -2.29. The van der Waals surface area contributed by atoms with Crippen molar-refractivity contribution in [2.45, 2.75) is 19.1 Å². The Morgan fingerprint density at radius 2 is 2.36 bits per heavy atom. The summed E-state index contributed by atoms with van der Waals surface area (Å²) < 4.78 is 34.5. The van der Waals surface area contributed by atoms with E-state index in [0.717, 1.165) is 0 Å². The van der Waals surface area contributed by atoms with E-state index in [1.807, 2.05) is 0 Å². The van der Waals surface area contributed by atoms with Gasteiger partial charge < -0.3 is 24.3 Å². The second kappa shape index (κ2) is 7.85. The first-order chi connectivity index (χ1) is 10.5. The number of hydrogen-bond acceptors (Lipinski definition) is 8. The van der Waals surface area contributed by atoms with Gasteiger partial charge in [0.25, 0.3) is 0 Å². The van der Waals surface area contributed by atoms with Crippen molar-refractivity contribution in [2.75, 3.05) is 39.0 Å². The van der Waals surface area contributed by atoms with Gasteiger partial charge in [0.05, 0.1) is 19.8 Å². The summed E-state index contributed by atoms with van der Waals surface area (Å²) >= 11 is 0. The highest BCUT2D eigenvalue weighted by Crippen LogP contribution is 2.50. The standard InChI is InChI=1S/C12H20N3O6P/c1-18-5-2-6-20-22(17)9-19-10(8-21-22)7-15-4-3-11(13)14-12(15)16/h3-4,10H,2,5-9H2,1H3,(H2,13,14,16)/t10-,22?/m0/s1. The van der Waals surface area contributed by atoms with Crippen LogP contribution in [0.15, 0.2) is 17.1 Å². The summed E-state index contributed by atoms with van der Waals surface area (Å²) in [5.74, 6) is 0.163. The van der Waals surface area contributed by atoms with Gasteiger partial charge in [-0.25, -0.2) is 4.79 Å². The number of methoxy groups -OCH3 is 1. The first kappa shape index (κ1) is 17.1. The lowest BCUT2D eigenvalue weighted by atomic mass is 10.3. The molecule has 1 fully saturated rings. The molecule has 0 bridgehead atoms.